The first-order chi connectivity index (χ1) is 32.4. The number of para-hydroxylation sites is 3. The maximum atomic E-state index is 16.1. The number of amides is 1. The summed E-state index contributed by atoms with van der Waals surface area (Å²) in [6.45, 7) is 12.3. The molecule has 0 N–H and O–H groups in total. The molecule has 14 aliphatic rings. The van der Waals surface area contributed by atoms with Crippen molar-refractivity contribution in [2.75, 3.05) is 47.4 Å². The zero-order valence-corrected chi connectivity index (χ0v) is 38.6. The smallest absolute Gasteiger partial charge is 0.255 e. The van der Waals surface area contributed by atoms with E-state index in [1.165, 1.54) is 54.0 Å². The topological polar surface area (TPSA) is 36.5 Å². The Kier molecular flexibility index (Phi) is 6.75. The van der Waals surface area contributed by atoms with Crippen LogP contribution in [0.2, 0.25) is 0 Å². The molecule has 3 aromatic rings. The first-order valence-corrected chi connectivity index (χ1v) is 26.0. The maximum Gasteiger partial charge on any atom is 0.255 e. The van der Waals surface area contributed by atoms with Gasteiger partial charge in [-0.25, -0.2) is 0 Å². The predicted octanol–water partition coefficient (Wildman–Crippen LogP) is 8.76. The van der Waals surface area contributed by atoms with Crippen LogP contribution in [0.1, 0.15) is 76.0 Å². The Labute approximate surface area is 389 Å². The van der Waals surface area contributed by atoms with E-state index in [0.29, 0.717) is 53.7 Å². The molecular weight excluding hydrogens is 809 g/mol. The number of anilines is 3. The molecule has 3 spiro atoms. The summed E-state index contributed by atoms with van der Waals surface area (Å²) in [7, 11) is 0. The van der Waals surface area contributed by atoms with E-state index < -0.39 is 0 Å². The molecule has 14 atom stereocenters. The quantitative estimate of drug-likeness (QED) is 0.228. The lowest BCUT2D eigenvalue weighted by atomic mass is 9.54. The Bertz CT molecular complexity index is 2990. The molecule has 0 aromatic heterocycles. The summed E-state index contributed by atoms with van der Waals surface area (Å²) in [6, 6.07) is 30.5. The summed E-state index contributed by atoms with van der Waals surface area (Å²) in [5, 5.41) is 0. The Morgan fingerprint density at radius 1 is 0.591 bits per heavy atom. The van der Waals surface area contributed by atoms with Crippen molar-refractivity contribution in [2.24, 2.45) is 23.7 Å². The molecule has 9 fully saturated rings. The number of carbonyl (C=O) groups is 1. The van der Waals surface area contributed by atoms with Gasteiger partial charge in [0.15, 0.2) is 0 Å². The van der Waals surface area contributed by atoms with Crippen LogP contribution in [-0.4, -0.2) is 95.6 Å². The van der Waals surface area contributed by atoms with E-state index in [1.807, 2.05) is 0 Å². The number of hydrogen-bond acceptors (Lipinski definition) is 6. The molecule has 0 radical (unpaired) electrons. The number of benzene rings is 3. The van der Waals surface area contributed by atoms with Crippen LogP contribution in [0.5, 0.6) is 0 Å². The summed E-state index contributed by atoms with van der Waals surface area (Å²) < 4.78 is 0. The lowest BCUT2D eigenvalue weighted by molar-refractivity contribution is -0.118. The second-order valence-electron chi connectivity index (χ2n) is 23.3. The number of fused-ring (bicyclic) bond motifs is 12. The lowest BCUT2D eigenvalue weighted by Crippen LogP contribution is -2.66. The van der Waals surface area contributed by atoms with Gasteiger partial charge in [-0.05, 0) is 124 Å². The molecule has 7 nitrogen and oxygen atoms in total. The molecule has 6 bridgehead atoms. The zero-order valence-electron chi connectivity index (χ0n) is 38.6. The van der Waals surface area contributed by atoms with Crippen molar-refractivity contribution < 1.29 is 4.79 Å². The van der Waals surface area contributed by atoms with Gasteiger partial charge in [0.05, 0.1) is 18.1 Å². The molecule has 11 aliphatic heterocycles. The second-order valence-corrected chi connectivity index (χ2v) is 23.3. The number of rotatable bonds is 1. The van der Waals surface area contributed by atoms with Gasteiger partial charge in [0.2, 0.25) is 0 Å². The first kappa shape index (κ1) is 37.1. The normalized spacial score (nSPS) is 46.6. The standard InChI is InChI=1S/C59H60N6O/c1-4-33-28-61-22-20-58-45-15-9-12-18-48(45)65-55(58)39(36(33)24-51(58)61)23-40(56(65)66)49-27-59-44-14-8-11-17-47(44)64-31-41-37-25-50-57(19-21-60(50)29-34(37)5-2)43-13-7-10-16-46(43)63(53(41)57)32-42(54(59)64)38-26-52(59)62(49)30-35(38)6-3/h4-18,23,31-32,36-39,49-55H,19-22,24-30H2,1-3H3/b33-4+,34-5+,35-6+,41-31-,42-32-/t36-,37-,38-,39-,49+,50-,51-,52-,53-,54-,55-,57?,58+,59?/m0/s1. The van der Waals surface area contributed by atoms with Crippen molar-refractivity contribution in [1.82, 2.24) is 14.7 Å². The minimum absolute atomic E-state index is 0.0101. The summed E-state index contributed by atoms with van der Waals surface area (Å²) in [6.07, 6.45) is 22.4. The molecule has 7 heteroatoms. The molecule has 6 saturated heterocycles. The first-order valence-electron chi connectivity index (χ1n) is 26.0. The van der Waals surface area contributed by atoms with Gasteiger partial charge < -0.3 is 14.7 Å². The molecule has 3 saturated carbocycles. The van der Waals surface area contributed by atoms with E-state index in [-0.39, 0.29) is 34.4 Å². The van der Waals surface area contributed by atoms with Crippen molar-refractivity contribution in [2.45, 2.75) is 118 Å². The fraction of sp³-hybridized carbons (Fsp3) is 0.475. The molecule has 3 aliphatic carbocycles. The van der Waals surface area contributed by atoms with E-state index in [2.05, 4.69) is 160 Å². The van der Waals surface area contributed by atoms with Gasteiger partial charge in [-0.15, -0.1) is 0 Å². The summed E-state index contributed by atoms with van der Waals surface area (Å²) in [5.41, 5.74) is 17.7. The Morgan fingerprint density at radius 3 is 1.82 bits per heavy atom. The molecule has 3 aromatic carbocycles. The monoisotopic (exact) mass is 868 g/mol. The SMILES string of the molecule is C/C=C1\CN2CCC34c5ccccc5N5/C=C6/[C@H]7C[C@@H]8N(C/C7=C\C)[C@@H](C7=C[C@@H]9[C@@H]%10N(C7=O)c7ccccc7[C@@]%107CCN%10C/C(=C\C)[C@@H]9C[C@H]%107)CC87c8ccccc8N(/C=C(/[C@H]1C[C@H]23)[C@H]54)[C@@H]67. The van der Waals surface area contributed by atoms with Crippen molar-refractivity contribution in [3.05, 3.63) is 160 Å². The van der Waals surface area contributed by atoms with Gasteiger partial charge in [-0.1, -0.05) is 95.6 Å². The predicted molar refractivity (Wildman–Crippen MR) is 260 cm³/mol. The minimum atomic E-state index is -0.161. The lowest BCUT2D eigenvalue weighted by Gasteiger charge is -2.57. The van der Waals surface area contributed by atoms with Crippen molar-refractivity contribution in [3.8, 4) is 0 Å². The molecule has 1 amide bonds. The minimum Gasteiger partial charge on any atom is -0.339 e. The fourth-order valence-electron chi connectivity index (χ4n) is 20.0. The Morgan fingerprint density at radius 2 is 1.14 bits per heavy atom. The zero-order chi connectivity index (χ0) is 43.3. The number of nitrogens with zero attached hydrogens (tertiary/aromatic N) is 6. The average molecular weight is 869 g/mol. The largest absolute Gasteiger partial charge is 0.339 e. The van der Waals surface area contributed by atoms with Gasteiger partial charge in [0, 0.05) is 113 Å². The maximum absolute atomic E-state index is 16.1. The van der Waals surface area contributed by atoms with Crippen LogP contribution < -0.4 is 14.7 Å². The van der Waals surface area contributed by atoms with Crippen LogP contribution in [0.4, 0.5) is 17.1 Å². The van der Waals surface area contributed by atoms with E-state index in [4.69, 9.17) is 0 Å². The molecular formula is C59H60N6O. The Hall–Kier alpha value is -4.95. The molecule has 332 valence electrons. The van der Waals surface area contributed by atoms with E-state index in [0.717, 1.165) is 51.0 Å². The van der Waals surface area contributed by atoms with Gasteiger partial charge in [0.1, 0.15) is 0 Å². The van der Waals surface area contributed by atoms with E-state index >= 15 is 4.79 Å². The number of piperidine rings is 3. The molecule has 17 rings (SSSR count). The van der Waals surface area contributed by atoms with Gasteiger partial charge in [-0.2, -0.15) is 0 Å². The molecule has 11 heterocycles. The highest BCUT2D eigenvalue weighted by atomic mass is 16.2. The third kappa shape index (κ3) is 3.79. The van der Waals surface area contributed by atoms with E-state index in [1.54, 1.807) is 33.4 Å². The summed E-state index contributed by atoms with van der Waals surface area (Å²) >= 11 is 0. The van der Waals surface area contributed by atoms with Crippen LogP contribution in [0.25, 0.3) is 0 Å². The van der Waals surface area contributed by atoms with Crippen LogP contribution in [0, 0.1) is 23.7 Å². The van der Waals surface area contributed by atoms with Gasteiger partial charge >= 0.3 is 0 Å². The highest BCUT2D eigenvalue weighted by molar-refractivity contribution is 6.10. The highest BCUT2D eigenvalue weighted by Crippen LogP contribution is 2.70. The number of hydrogen-bond donors (Lipinski definition) is 0. The average Bonchev–Trinajstić information content (AvgIpc) is 4.19. The van der Waals surface area contributed by atoms with Crippen LogP contribution in [0.3, 0.4) is 0 Å². The number of carbonyl (C=O) groups excluding carboxylic acids is 1. The van der Waals surface area contributed by atoms with Crippen molar-refractivity contribution in [3.63, 3.8) is 0 Å². The molecule has 66 heavy (non-hydrogen) atoms. The molecule has 2 unspecified atom stereocenters. The Balaban J connectivity index is 0.885. The fourth-order valence-corrected chi connectivity index (χ4v) is 20.0. The van der Waals surface area contributed by atoms with Crippen LogP contribution in [0.15, 0.2) is 143 Å². The van der Waals surface area contributed by atoms with Gasteiger partial charge in [0.25, 0.3) is 5.91 Å². The third-order valence-corrected chi connectivity index (χ3v) is 22.0. The van der Waals surface area contributed by atoms with Crippen LogP contribution >= 0.6 is 0 Å². The summed E-state index contributed by atoms with van der Waals surface area (Å²) in [5.74, 6) is 1.90. The van der Waals surface area contributed by atoms with Gasteiger partial charge in [-0.3, -0.25) is 19.5 Å². The third-order valence-electron chi connectivity index (χ3n) is 22.0. The second kappa shape index (κ2) is 12.0. The number of allylic oxidation sites excluding steroid dienone is 3. The van der Waals surface area contributed by atoms with Crippen molar-refractivity contribution >= 4 is 23.0 Å². The van der Waals surface area contributed by atoms with Crippen molar-refractivity contribution in [1.29, 1.82) is 0 Å². The summed E-state index contributed by atoms with van der Waals surface area (Å²) in [4.78, 5) is 32.8. The highest BCUT2D eigenvalue weighted by Gasteiger charge is 2.74. The van der Waals surface area contributed by atoms with Crippen LogP contribution in [-0.2, 0) is 21.0 Å². The van der Waals surface area contributed by atoms with E-state index in [9.17, 15) is 0 Å².